The number of halogens is 5. The summed E-state index contributed by atoms with van der Waals surface area (Å²) in [5, 5.41) is 0.445. The third-order valence-corrected chi connectivity index (χ3v) is 5.46. The highest BCUT2D eigenvalue weighted by atomic mass is 35.5. The van der Waals surface area contributed by atoms with Crippen molar-refractivity contribution in [3.05, 3.63) is 100 Å². The average Bonchev–Trinajstić information content (AvgIpc) is 3.11. The van der Waals surface area contributed by atoms with Crippen LogP contribution in [0.3, 0.4) is 0 Å². The maximum Gasteiger partial charge on any atom is 0.416 e. The van der Waals surface area contributed by atoms with Gasteiger partial charge in [0, 0.05) is 10.7 Å². The maximum absolute atomic E-state index is 13.3. The number of carbonyl (C=O) groups excluding carboxylic acids is 1. The normalized spacial score (nSPS) is 18.5. The molecule has 1 heterocycles. The third-order valence-electron chi connectivity index (χ3n) is 5.20. The zero-order chi connectivity index (χ0) is 23.6. The summed E-state index contributed by atoms with van der Waals surface area (Å²) in [7, 11) is 0. The number of hydrogen-bond acceptors (Lipinski definition) is 3. The molecule has 1 saturated heterocycles. The molecule has 4 rings (SSSR count). The van der Waals surface area contributed by atoms with Gasteiger partial charge in [-0.2, -0.15) is 13.2 Å². The van der Waals surface area contributed by atoms with Crippen molar-refractivity contribution in [3.8, 4) is 0 Å². The lowest BCUT2D eigenvalue weighted by Crippen LogP contribution is -2.31. The monoisotopic (exact) mass is 479 g/mol. The van der Waals surface area contributed by atoms with E-state index in [1.165, 1.54) is 29.2 Å². The van der Waals surface area contributed by atoms with E-state index < -0.39 is 30.0 Å². The fourth-order valence-electron chi connectivity index (χ4n) is 3.66. The van der Waals surface area contributed by atoms with E-state index in [4.69, 9.17) is 21.1 Å². The highest BCUT2D eigenvalue weighted by molar-refractivity contribution is 6.30. The zero-order valence-electron chi connectivity index (χ0n) is 17.1. The van der Waals surface area contributed by atoms with Crippen molar-refractivity contribution in [2.75, 3.05) is 11.5 Å². The molecule has 0 unspecified atom stereocenters. The summed E-state index contributed by atoms with van der Waals surface area (Å²) in [6, 6.07) is 15.9. The summed E-state index contributed by atoms with van der Waals surface area (Å²) in [4.78, 5) is 14.0. The van der Waals surface area contributed by atoms with Crippen molar-refractivity contribution < 1.29 is 31.8 Å². The Hall–Kier alpha value is -3.10. The summed E-state index contributed by atoms with van der Waals surface area (Å²) in [6.07, 6.45) is -6.13. The van der Waals surface area contributed by atoms with Crippen LogP contribution in [-0.2, 0) is 22.3 Å². The molecule has 4 nitrogen and oxygen atoms in total. The van der Waals surface area contributed by atoms with Crippen molar-refractivity contribution in [2.45, 2.75) is 24.9 Å². The first-order valence-corrected chi connectivity index (χ1v) is 10.3. The van der Waals surface area contributed by atoms with E-state index >= 15 is 0 Å². The van der Waals surface area contributed by atoms with Gasteiger partial charge in [-0.1, -0.05) is 35.9 Å². The van der Waals surface area contributed by atoms with Crippen molar-refractivity contribution >= 4 is 23.4 Å². The summed E-state index contributed by atoms with van der Waals surface area (Å²) in [5.74, 6) is -0.383. The highest BCUT2D eigenvalue weighted by Gasteiger charge is 2.44. The van der Waals surface area contributed by atoms with Gasteiger partial charge < -0.3 is 9.47 Å². The van der Waals surface area contributed by atoms with Crippen LogP contribution in [0.25, 0.3) is 0 Å². The van der Waals surface area contributed by atoms with Crippen LogP contribution in [0.1, 0.15) is 22.7 Å². The number of ether oxygens (including phenoxy) is 2. The van der Waals surface area contributed by atoms with Crippen LogP contribution >= 0.6 is 11.6 Å². The minimum Gasteiger partial charge on any atom is -0.441 e. The summed E-state index contributed by atoms with van der Waals surface area (Å²) in [6.45, 7) is 0.0404. The molecule has 0 aliphatic carbocycles. The Kier molecular flexibility index (Phi) is 6.58. The molecule has 0 saturated carbocycles. The molecule has 3 aromatic carbocycles. The molecule has 0 aromatic heterocycles. The Bertz CT molecular complexity index is 1120. The number of rotatable bonds is 6. The van der Waals surface area contributed by atoms with Crippen LogP contribution in [0.5, 0.6) is 0 Å². The molecule has 9 heteroatoms. The molecule has 3 aromatic rings. The van der Waals surface area contributed by atoms with Gasteiger partial charge in [0.2, 0.25) is 0 Å². The number of nitrogens with zero attached hydrogens (tertiary/aromatic N) is 1. The van der Waals surface area contributed by atoms with Gasteiger partial charge in [0.25, 0.3) is 0 Å². The number of benzene rings is 3. The van der Waals surface area contributed by atoms with Gasteiger partial charge in [-0.25, -0.2) is 9.18 Å². The fourth-order valence-corrected chi connectivity index (χ4v) is 3.79. The van der Waals surface area contributed by atoms with E-state index in [-0.39, 0.29) is 24.6 Å². The molecule has 1 aliphatic heterocycles. The van der Waals surface area contributed by atoms with Gasteiger partial charge >= 0.3 is 12.3 Å². The number of alkyl halides is 3. The molecule has 0 bridgehead atoms. The van der Waals surface area contributed by atoms with E-state index in [2.05, 4.69) is 0 Å². The summed E-state index contributed by atoms with van der Waals surface area (Å²) < 4.78 is 64.3. The van der Waals surface area contributed by atoms with Crippen molar-refractivity contribution in [3.63, 3.8) is 0 Å². The lowest BCUT2D eigenvalue weighted by atomic mass is 9.98. The molecule has 1 fully saturated rings. The molecule has 172 valence electrons. The number of cyclic esters (lactones) is 1. The second kappa shape index (κ2) is 9.41. The Morgan fingerprint density at radius 3 is 2.36 bits per heavy atom. The predicted octanol–water partition coefficient (Wildman–Crippen LogP) is 6.78. The second-order valence-corrected chi connectivity index (χ2v) is 7.91. The van der Waals surface area contributed by atoms with E-state index in [1.54, 1.807) is 36.4 Å². The largest absolute Gasteiger partial charge is 0.441 e. The van der Waals surface area contributed by atoms with Crippen LogP contribution in [-0.4, -0.2) is 18.8 Å². The quantitative estimate of drug-likeness (QED) is 0.366. The lowest BCUT2D eigenvalue weighted by molar-refractivity contribution is -0.137. The van der Waals surface area contributed by atoms with Crippen molar-refractivity contribution in [1.29, 1.82) is 0 Å². The standard InChI is InChI=1S/C24H18ClF4NO3/c25-18-6-10-20(11-7-18)30-22(16-2-1-3-17(12-16)24(27,28)29)21(33-23(30)31)14-32-13-15-4-8-19(26)9-5-15/h1-12,21-22H,13-14H2/t21-,22-/m0/s1. The first kappa shape index (κ1) is 23.1. The van der Waals surface area contributed by atoms with Gasteiger partial charge in [0.1, 0.15) is 11.9 Å². The fraction of sp³-hybridized carbons (Fsp3) is 0.208. The molecule has 33 heavy (non-hydrogen) atoms. The lowest BCUT2D eigenvalue weighted by Gasteiger charge is -2.26. The Morgan fingerprint density at radius 2 is 1.70 bits per heavy atom. The number of hydrogen-bond donors (Lipinski definition) is 0. The molecular formula is C24H18ClF4NO3. The third kappa shape index (κ3) is 5.29. The summed E-state index contributed by atoms with van der Waals surface area (Å²) >= 11 is 5.94. The molecule has 2 atom stereocenters. The minimum atomic E-state index is -4.54. The first-order valence-electron chi connectivity index (χ1n) is 9.97. The van der Waals surface area contributed by atoms with Crippen molar-refractivity contribution in [1.82, 2.24) is 0 Å². The SMILES string of the molecule is O=C1O[C@@H](COCc2ccc(F)cc2)[C@H](c2cccc(C(F)(F)F)c2)N1c1ccc(Cl)cc1. The smallest absolute Gasteiger partial charge is 0.416 e. The van der Waals surface area contributed by atoms with E-state index in [0.717, 1.165) is 12.1 Å². The molecular weight excluding hydrogens is 462 g/mol. The van der Waals surface area contributed by atoms with E-state index in [9.17, 15) is 22.4 Å². The molecule has 0 spiro atoms. The Labute approximate surface area is 192 Å². The van der Waals surface area contributed by atoms with Gasteiger partial charge in [-0.05, 0) is 59.7 Å². The zero-order valence-corrected chi connectivity index (χ0v) is 17.8. The van der Waals surface area contributed by atoms with Crippen LogP contribution in [0.15, 0.2) is 72.8 Å². The molecule has 0 N–H and O–H groups in total. The highest BCUT2D eigenvalue weighted by Crippen LogP contribution is 2.40. The van der Waals surface area contributed by atoms with Gasteiger partial charge in [-0.3, -0.25) is 4.90 Å². The molecule has 0 radical (unpaired) electrons. The number of carbonyl (C=O) groups is 1. The average molecular weight is 480 g/mol. The van der Waals surface area contributed by atoms with E-state index in [0.29, 0.717) is 16.3 Å². The first-order chi connectivity index (χ1) is 15.7. The van der Waals surface area contributed by atoms with Crippen LogP contribution in [0.2, 0.25) is 5.02 Å². The van der Waals surface area contributed by atoms with Crippen LogP contribution in [0, 0.1) is 5.82 Å². The summed E-state index contributed by atoms with van der Waals surface area (Å²) in [5.41, 5.74) is 0.543. The van der Waals surface area contributed by atoms with E-state index in [1.807, 2.05) is 0 Å². The number of anilines is 1. The van der Waals surface area contributed by atoms with Crippen molar-refractivity contribution in [2.24, 2.45) is 0 Å². The molecule has 1 amide bonds. The molecule has 1 aliphatic rings. The Balaban J connectivity index is 1.62. The predicted molar refractivity (Wildman–Crippen MR) is 114 cm³/mol. The van der Waals surface area contributed by atoms with Gasteiger partial charge in [-0.15, -0.1) is 0 Å². The topological polar surface area (TPSA) is 38.8 Å². The van der Waals surface area contributed by atoms with Gasteiger partial charge in [0.05, 0.1) is 18.8 Å². The minimum absolute atomic E-state index is 0.0753. The Morgan fingerprint density at radius 1 is 1.00 bits per heavy atom. The number of amides is 1. The van der Waals surface area contributed by atoms with Gasteiger partial charge in [0.15, 0.2) is 6.10 Å². The van der Waals surface area contributed by atoms with Crippen LogP contribution in [0.4, 0.5) is 28.0 Å². The van der Waals surface area contributed by atoms with Crippen LogP contribution < -0.4 is 4.90 Å². The maximum atomic E-state index is 13.3. The second-order valence-electron chi connectivity index (χ2n) is 7.48.